The molecule has 1 aromatic carbocycles. The molecule has 2 aromatic rings. The van der Waals surface area contributed by atoms with Gasteiger partial charge >= 0.3 is 0 Å². The van der Waals surface area contributed by atoms with Gasteiger partial charge in [0.2, 0.25) is 0 Å². The largest absolute Gasteiger partial charge is 0.507 e. The maximum atomic E-state index is 11.6. The van der Waals surface area contributed by atoms with Gasteiger partial charge in [-0.25, -0.2) is 10.1 Å². The number of nitro groups is 1. The molecule has 0 saturated heterocycles. The van der Waals surface area contributed by atoms with Crippen LogP contribution in [0.3, 0.4) is 0 Å². The topological polar surface area (TPSA) is 144 Å². The maximum absolute atomic E-state index is 11.6. The second-order valence-corrected chi connectivity index (χ2v) is 3.90. The zero-order valence-corrected chi connectivity index (χ0v) is 10.7. The number of hydrogen-bond acceptors (Lipinski definition) is 8. The lowest BCUT2D eigenvalue weighted by atomic mass is 10.2. The number of nitrogens with one attached hydrogen (secondary N) is 1. The van der Waals surface area contributed by atoms with Crippen LogP contribution >= 0.6 is 0 Å². The van der Waals surface area contributed by atoms with E-state index < -0.39 is 10.8 Å². The summed E-state index contributed by atoms with van der Waals surface area (Å²) in [7, 11) is 0. The van der Waals surface area contributed by atoms with E-state index in [2.05, 4.69) is 25.5 Å². The molecule has 0 radical (unpaired) electrons. The fraction of sp³-hybridized carbons (Fsp3) is 0.0909. The summed E-state index contributed by atoms with van der Waals surface area (Å²) in [6.07, 6.45) is 1.07. The highest BCUT2D eigenvalue weighted by Gasteiger charge is 2.14. The lowest BCUT2D eigenvalue weighted by Gasteiger charge is -1.99. The second kappa shape index (κ2) is 5.77. The van der Waals surface area contributed by atoms with Gasteiger partial charge in [0.25, 0.3) is 11.6 Å². The summed E-state index contributed by atoms with van der Waals surface area (Å²) in [6, 6.07) is 3.43. The molecule has 0 aliphatic heterocycles. The minimum Gasteiger partial charge on any atom is -0.507 e. The van der Waals surface area contributed by atoms with Crippen LogP contribution in [0.1, 0.15) is 21.7 Å². The van der Waals surface area contributed by atoms with Gasteiger partial charge in [-0.1, -0.05) is 5.16 Å². The van der Waals surface area contributed by atoms with Crippen LogP contribution in [0.2, 0.25) is 0 Å². The first-order valence-corrected chi connectivity index (χ1v) is 5.59. The van der Waals surface area contributed by atoms with Crippen LogP contribution in [0.15, 0.2) is 27.9 Å². The molecule has 0 unspecified atom stereocenters. The number of carbonyl (C=O) groups excluding carboxylic acids is 1. The first-order chi connectivity index (χ1) is 9.99. The first kappa shape index (κ1) is 14.1. The Morgan fingerprint density at radius 1 is 1.52 bits per heavy atom. The van der Waals surface area contributed by atoms with Crippen molar-refractivity contribution < 1.29 is 19.5 Å². The molecule has 10 heteroatoms. The van der Waals surface area contributed by atoms with E-state index in [9.17, 15) is 20.0 Å². The molecule has 0 bridgehead atoms. The molecule has 108 valence electrons. The Kier molecular flexibility index (Phi) is 3.88. The van der Waals surface area contributed by atoms with E-state index in [1.54, 1.807) is 0 Å². The minimum absolute atomic E-state index is 0.0320. The number of non-ortho nitro benzene ring substituents is 1. The lowest BCUT2D eigenvalue weighted by Crippen LogP contribution is -2.19. The van der Waals surface area contributed by atoms with Crippen LogP contribution in [-0.2, 0) is 0 Å². The molecule has 0 fully saturated rings. The predicted octanol–water partition coefficient (Wildman–Crippen LogP) is 0.756. The monoisotopic (exact) mass is 291 g/mol. The van der Waals surface area contributed by atoms with Crippen molar-refractivity contribution in [3.05, 3.63) is 45.3 Å². The fourth-order valence-corrected chi connectivity index (χ4v) is 1.41. The number of carbonyl (C=O) groups is 1. The Hall–Kier alpha value is -3.30. The molecular weight excluding hydrogens is 282 g/mol. The lowest BCUT2D eigenvalue weighted by molar-refractivity contribution is -0.384. The van der Waals surface area contributed by atoms with E-state index in [1.165, 1.54) is 6.92 Å². The molecule has 2 N–H and O–H groups in total. The van der Waals surface area contributed by atoms with Crippen LogP contribution in [0, 0.1) is 17.0 Å². The smallest absolute Gasteiger partial charge is 0.295 e. The molecule has 2 rings (SSSR count). The quantitative estimate of drug-likeness (QED) is 0.480. The zero-order valence-electron chi connectivity index (χ0n) is 10.7. The Labute approximate surface area is 117 Å². The highest BCUT2D eigenvalue weighted by Crippen LogP contribution is 2.21. The zero-order chi connectivity index (χ0) is 15.4. The molecule has 0 atom stereocenters. The summed E-state index contributed by atoms with van der Waals surface area (Å²) in [5, 5.41) is 30.6. The van der Waals surface area contributed by atoms with Gasteiger partial charge in [-0.2, -0.15) is 5.10 Å². The van der Waals surface area contributed by atoms with E-state index in [0.29, 0.717) is 5.69 Å². The summed E-state index contributed by atoms with van der Waals surface area (Å²) in [4.78, 5) is 21.6. The van der Waals surface area contributed by atoms with Crippen molar-refractivity contribution in [3.8, 4) is 5.75 Å². The van der Waals surface area contributed by atoms with Crippen molar-refractivity contribution in [2.45, 2.75) is 6.92 Å². The van der Waals surface area contributed by atoms with E-state index in [4.69, 9.17) is 0 Å². The molecule has 1 aromatic heterocycles. The minimum atomic E-state index is -0.657. The summed E-state index contributed by atoms with van der Waals surface area (Å²) < 4.78 is 4.36. The number of phenols is 1. The van der Waals surface area contributed by atoms with Gasteiger partial charge in [0, 0.05) is 17.7 Å². The Balaban J connectivity index is 2.11. The number of hydrazone groups is 1. The van der Waals surface area contributed by atoms with Gasteiger partial charge in [0.1, 0.15) is 11.4 Å². The fourth-order valence-electron chi connectivity index (χ4n) is 1.41. The molecule has 0 saturated carbocycles. The highest BCUT2D eigenvalue weighted by molar-refractivity contribution is 5.94. The number of aryl methyl sites for hydroxylation is 1. The number of aromatic hydroxyl groups is 1. The number of nitro benzene ring substituents is 1. The number of amides is 1. The third-order valence-corrected chi connectivity index (χ3v) is 2.46. The number of aromatic nitrogens is 2. The number of rotatable bonds is 4. The standard InChI is InChI=1S/C11H9N5O5/c1-6-10(15-21-14-6)11(18)13-12-5-7-4-8(16(19)20)2-3-9(7)17/h2-5,17H,1H3,(H,13,18)/b12-5-. The Morgan fingerprint density at radius 3 is 2.90 bits per heavy atom. The Morgan fingerprint density at radius 2 is 2.29 bits per heavy atom. The van der Waals surface area contributed by atoms with E-state index in [-0.39, 0.29) is 22.7 Å². The van der Waals surface area contributed by atoms with E-state index in [1.807, 2.05) is 0 Å². The highest BCUT2D eigenvalue weighted by atomic mass is 16.6. The summed E-state index contributed by atoms with van der Waals surface area (Å²) in [5.41, 5.74) is 2.27. The third-order valence-electron chi connectivity index (χ3n) is 2.46. The molecule has 1 heterocycles. The number of hydrogen-bond donors (Lipinski definition) is 2. The van der Waals surface area contributed by atoms with Gasteiger partial charge in [0.15, 0.2) is 5.69 Å². The maximum Gasteiger partial charge on any atom is 0.295 e. The van der Waals surface area contributed by atoms with Crippen LogP contribution < -0.4 is 5.43 Å². The van der Waals surface area contributed by atoms with Gasteiger partial charge in [0.05, 0.1) is 11.1 Å². The molecule has 21 heavy (non-hydrogen) atoms. The van der Waals surface area contributed by atoms with Crippen LogP contribution in [0.25, 0.3) is 0 Å². The van der Waals surface area contributed by atoms with Crippen molar-refractivity contribution >= 4 is 17.8 Å². The number of phenolic OH excluding ortho intramolecular Hbond substituents is 1. The van der Waals surface area contributed by atoms with E-state index >= 15 is 0 Å². The van der Waals surface area contributed by atoms with Gasteiger partial charge in [-0.3, -0.25) is 14.9 Å². The number of benzene rings is 1. The van der Waals surface area contributed by atoms with Gasteiger partial charge in [-0.15, -0.1) is 0 Å². The summed E-state index contributed by atoms with van der Waals surface area (Å²) in [6.45, 7) is 1.53. The number of nitrogens with zero attached hydrogens (tertiary/aromatic N) is 4. The average Bonchev–Trinajstić information content (AvgIpc) is 2.86. The summed E-state index contributed by atoms with van der Waals surface area (Å²) >= 11 is 0. The van der Waals surface area contributed by atoms with Gasteiger partial charge in [-0.05, 0) is 18.1 Å². The molecule has 0 aliphatic carbocycles. The molecule has 10 nitrogen and oxygen atoms in total. The molecule has 0 spiro atoms. The van der Waals surface area contributed by atoms with Crippen LogP contribution in [0.4, 0.5) is 5.69 Å². The first-order valence-electron chi connectivity index (χ1n) is 5.59. The Bertz CT molecular complexity index is 724. The second-order valence-electron chi connectivity index (χ2n) is 3.90. The van der Waals surface area contributed by atoms with Crippen molar-refractivity contribution in [2.75, 3.05) is 0 Å². The SMILES string of the molecule is Cc1nonc1C(=O)N/N=C\c1cc([N+](=O)[O-])ccc1O. The predicted molar refractivity (Wildman–Crippen MR) is 68.9 cm³/mol. The summed E-state index contributed by atoms with van der Waals surface area (Å²) in [5.74, 6) is -0.868. The van der Waals surface area contributed by atoms with Crippen molar-refractivity contribution in [1.82, 2.24) is 15.7 Å². The van der Waals surface area contributed by atoms with Crippen LogP contribution in [-0.4, -0.2) is 32.5 Å². The molecule has 0 aliphatic rings. The average molecular weight is 291 g/mol. The van der Waals surface area contributed by atoms with Crippen molar-refractivity contribution in [3.63, 3.8) is 0 Å². The molecule has 1 amide bonds. The van der Waals surface area contributed by atoms with Gasteiger partial charge < -0.3 is 5.11 Å². The van der Waals surface area contributed by atoms with Crippen LogP contribution in [0.5, 0.6) is 5.75 Å². The third kappa shape index (κ3) is 3.18. The van der Waals surface area contributed by atoms with Crippen molar-refractivity contribution in [2.24, 2.45) is 5.10 Å². The molecular formula is C11H9N5O5. The normalized spacial score (nSPS) is 10.7. The van der Waals surface area contributed by atoms with E-state index in [0.717, 1.165) is 24.4 Å². The van der Waals surface area contributed by atoms with Crippen molar-refractivity contribution in [1.29, 1.82) is 0 Å².